The number of aryl methyl sites for hydroxylation is 1. The molecule has 0 heterocycles. The fraction of sp³-hybridized carbons (Fsp3) is 0.200. The molecule has 6 heteroatoms. The van der Waals surface area contributed by atoms with Crippen LogP contribution >= 0.6 is 15.9 Å². The van der Waals surface area contributed by atoms with Crippen LogP contribution in [-0.2, 0) is 6.54 Å². The topological polar surface area (TPSA) is 21.3 Å². The van der Waals surface area contributed by atoms with Crippen molar-refractivity contribution in [1.82, 2.24) is 0 Å². The molecule has 0 aliphatic rings. The summed E-state index contributed by atoms with van der Waals surface area (Å²) in [6.45, 7) is 2.37. The third-order valence-electron chi connectivity index (χ3n) is 2.67. The highest BCUT2D eigenvalue weighted by molar-refractivity contribution is 9.10. The number of hydrogen-bond acceptors (Lipinski definition) is 2. The average Bonchev–Trinajstić information content (AvgIpc) is 2.33. The van der Waals surface area contributed by atoms with E-state index in [1.54, 1.807) is 6.07 Å². The molecular weight excluding hydrogens is 347 g/mol. The SMILES string of the molecule is Cc1cc(Br)cc(NCc2cccc(OC(F)(F)F)c2)c1. The summed E-state index contributed by atoms with van der Waals surface area (Å²) in [6, 6.07) is 11.8. The van der Waals surface area contributed by atoms with E-state index in [4.69, 9.17) is 0 Å². The van der Waals surface area contributed by atoms with Gasteiger partial charge in [0.05, 0.1) is 0 Å². The van der Waals surface area contributed by atoms with Gasteiger partial charge in [0.25, 0.3) is 0 Å². The maximum Gasteiger partial charge on any atom is 0.573 e. The highest BCUT2D eigenvalue weighted by atomic mass is 79.9. The van der Waals surface area contributed by atoms with Crippen molar-refractivity contribution in [2.75, 3.05) is 5.32 Å². The molecule has 1 N–H and O–H groups in total. The molecule has 21 heavy (non-hydrogen) atoms. The fourth-order valence-corrected chi connectivity index (χ4v) is 2.50. The molecule has 112 valence electrons. The molecule has 0 amide bonds. The van der Waals surface area contributed by atoms with Gasteiger partial charge in [-0.25, -0.2) is 0 Å². The van der Waals surface area contributed by atoms with E-state index in [2.05, 4.69) is 26.0 Å². The lowest BCUT2D eigenvalue weighted by molar-refractivity contribution is -0.274. The quantitative estimate of drug-likeness (QED) is 0.802. The summed E-state index contributed by atoms with van der Waals surface area (Å²) < 4.78 is 41.3. The van der Waals surface area contributed by atoms with Gasteiger partial charge in [-0.15, -0.1) is 13.2 Å². The first-order valence-electron chi connectivity index (χ1n) is 6.17. The molecule has 0 aromatic heterocycles. The Bertz CT molecular complexity index is 608. The summed E-state index contributed by atoms with van der Waals surface area (Å²) in [6.07, 6.45) is -4.67. The van der Waals surface area contributed by atoms with Crippen LogP contribution in [0.25, 0.3) is 0 Å². The summed E-state index contributed by atoms with van der Waals surface area (Å²) in [7, 11) is 0. The van der Waals surface area contributed by atoms with Gasteiger partial charge < -0.3 is 10.1 Å². The van der Waals surface area contributed by atoms with E-state index < -0.39 is 6.36 Å². The number of hydrogen-bond donors (Lipinski definition) is 1. The minimum absolute atomic E-state index is 0.216. The van der Waals surface area contributed by atoms with E-state index in [0.717, 1.165) is 15.7 Å². The predicted molar refractivity (Wildman–Crippen MR) is 79.3 cm³/mol. The van der Waals surface area contributed by atoms with Crippen LogP contribution in [0.2, 0.25) is 0 Å². The third kappa shape index (κ3) is 5.30. The van der Waals surface area contributed by atoms with Gasteiger partial charge in [-0.1, -0.05) is 28.1 Å². The first-order valence-corrected chi connectivity index (χ1v) is 6.97. The van der Waals surface area contributed by atoms with Crippen molar-refractivity contribution in [2.45, 2.75) is 19.8 Å². The van der Waals surface area contributed by atoms with Gasteiger partial charge in [-0.3, -0.25) is 0 Å². The Morgan fingerprint density at radius 1 is 1.14 bits per heavy atom. The maximum absolute atomic E-state index is 12.2. The van der Waals surface area contributed by atoms with Crippen molar-refractivity contribution >= 4 is 21.6 Å². The van der Waals surface area contributed by atoms with E-state index >= 15 is 0 Å². The van der Waals surface area contributed by atoms with Crippen LogP contribution in [0.5, 0.6) is 5.75 Å². The molecule has 0 aliphatic carbocycles. The third-order valence-corrected chi connectivity index (χ3v) is 3.13. The Balaban J connectivity index is 2.04. The Morgan fingerprint density at radius 3 is 2.57 bits per heavy atom. The van der Waals surface area contributed by atoms with Crippen LogP contribution in [0, 0.1) is 6.92 Å². The van der Waals surface area contributed by atoms with Gasteiger partial charge in [0.15, 0.2) is 0 Å². The van der Waals surface area contributed by atoms with E-state index in [1.807, 2.05) is 25.1 Å². The Labute approximate surface area is 129 Å². The summed E-state index contributed by atoms with van der Waals surface area (Å²) in [4.78, 5) is 0. The molecule has 0 aliphatic heterocycles. The number of anilines is 1. The van der Waals surface area contributed by atoms with Gasteiger partial charge in [-0.2, -0.15) is 0 Å². The van der Waals surface area contributed by atoms with Crippen LogP contribution in [0.3, 0.4) is 0 Å². The minimum atomic E-state index is -4.67. The van der Waals surface area contributed by atoms with Crippen LogP contribution in [0.15, 0.2) is 46.9 Å². The van der Waals surface area contributed by atoms with Crippen LogP contribution < -0.4 is 10.1 Å². The monoisotopic (exact) mass is 359 g/mol. The highest BCUT2D eigenvalue weighted by Crippen LogP contribution is 2.24. The summed E-state index contributed by atoms with van der Waals surface area (Å²) in [5.74, 6) is -0.216. The highest BCUT2D eigenvalue weighted by Gasteiger charge is 2.31. The molecular formula is C15H13BrF3NO. The second kappa shape index (κ2) is 6.39. The van der Waals surface area contributed by atoms with Crippen LogP contribution in [-0.4, -0.2) is 6.36 Å². The molecule has 2 aromatic carbocycles. The molecule has 0 atom stereocenters. The van der Waals surface area contributed by atoms with Gasteiger partial charge in [0, 0.05) is 16.7 Å². The summed E-state index contributed by atoms with van der Waals surface area (Å²) in [5.41, 5.74) is 2.68. The molecule has 0 fully saturated rings. The molecule has 2 nitrogen and oxygen atoms in total. The first kappa shape index (κ1) is 15.7. The van der Waals surface area contributed by atoms with Crippen molar-refractivity contribution in [3.8, 4) is 5.75 Å². The number of rotatable bonds is 4. The molecule has 0 saturated heterocycles. The van der Waals surface area contributed by atoms with Crippen LogP contribution in [0.4, 0.5) is 18.9 Å². The molecule has 0 saturated carbocycles. The van der Waals surface area contributed by atoms with E-state index in [0.29, 0.717) is 12.1 Å². The second-order valence-corrected chi connectivity index (χ2v) is 5.48. The number of ether oxygens (including phenoxy) is 1. The molecule has 0 radical (unpaired) electrons. The smallest absolute Gasteiger partial charge is 0.406 e. The van der Waals surface area contributed by atoms with E-state index in [9.17, 15) is 13.2 Å². The average molecular weight is 360 g/mol. The number of nitrogens with one attached hydrogen (secondary N) is 1. The van der Waals surface area contributed by atoms with Gasteiger partial charge in [-0.05, 0) is 48.4 Å². The number of halogens is 4. The molecule has 0 unspecified atom stereocenters. The normalized spacial score (nSPS) is 11.3. The van der Waals surface area contributed by atoms with Crippen molar-refractivity contribution in [1.29, 1.82) is 0 Å². The Kier molecular flexibility index (Phi) is 4.77. The largest absolute Gasteiger partial charge is 0.573 e. The van der Waals surface area contributed by atoms with E-state index in [1.165, 1.54) is 18.2 Å². The molecule has 2 rings (SSSR count). The summed E-state index contributed by atoms with van der Waals surface area (Å²) >= 11 is 3.40. The standard InChI is InChI=1S/C15H13BrF3NO/c1-10-5-12(16)8-13(6-10)20-9-11-3-2-4-14(7-11)21-15(17,18)19/h2-8,20H,9H2,1H3. The first-order chi connectivity index (χ1) is 9.82. The van der Waals surface area contributed by atoms with Gasteiger partial charge in [0.2, 0.25) is 0 Å². The lowest BCUT2D eigenvalue weighted by atomic mass is 10.2. The maximum atomic E-state index is 12.2. The van der Waals surface area contributed by atoms with Crippen molar-refractivity contribution in [2.24, 2.45) is 0 Å². The fourth-order valence-electron chi connectivity index (χ4n) is 1.90. The van der Waals surface area contributed by atoms with Crippen LogP contribution in [0.1, 0.15) is 11.1 Å². The zero-order chi connectivity index (χ0) is 15.5. The Hall–Kier alpha value is -1.69. The zero-order valence-electron chi connectivity index (χ0n) is 11.2. The van der Waals surface area contributed by atoms with Gasteiger partial charge in [0.1, 0.15) is 5.75 Å². The molecule has 0 spiro atoms. The van der Waals surface area contributed by atoms with Crippen molar-refractivity contribution < 1.29 is 17.9 Å². The number of alkyl halides is 3. The predicted octanol–water partition coefficient (Wildman–Crippen LogP) is 5.27. The van der Waals surface area contributed by atoms with E-state index in [-0.39, 0.29) is 5.75 Å². The lowest BCUT2D eigenvalue weighted by Crippen LogP contribution is -2.17. The molecule has 0 bridgehead atoms. The molecule has 2 aromatic rings. The Morgan fingerprint density at radius 2 is 1.90 bits per heavy atom. The summed E-state index contributed by atoms with van der Waals surface area (Å²) in [5, 5.41) is 3.17. The minimum Gasteiger partial charge on any atom is -0.406 e. The second-order valence-electron chi connectivity index (χ2n) is 4.57. The number of benzene rings is 2. The lowest BCUT2D eigenvalue weighted by Gasteiger charge is -2.11. The van der Waals surface area contributed by atoms with Crippen molar-refractivity contribution in [3.63, 3.8) is 0 Å². The van der Waals surface area contributed by atoms with Crippen molar-refractivity contribution in [3.05, 3.63) is 58.1 Å². The zero-order valence-corrected chi connectivity index (χ0v) is 12.8. The van der Waals surface area contributed by atoms with Gasteiger partial charge >= 0.3 is 6.36 Å².